The van der Waals surface area contributed by atoms with Crippen molar-refractivity contribution in [1.82, 2.24) is 9.55 Å². The smallest absolute Gasteiger partial charge is 0.137 e. The van der Waals surface area contributed by atoms with Gasteiger partial charge in [0, 0.05) is 29.2 Å². The van der Waals surface area contributed by atoms with E-state index in [0.717, 1.165) is 36.1 Å². The van der Waals surface area contributed by atoms with Gasteiger partial charge < -0.3 is 14.2 Å². The van der Waals surface area contributed by atoms with E-state index in [4.69, 9.17) is 21.3 Å². The maximum Gasteiger partial charge on any atom is 0.137 e. The summed E-state index contributed by atoms with van der Waals surface area (Å²) >= 11 is 6.19. The van der Waals surface area contributed by atoms with Gasteiger partial charge in [0.25, 0.3) is 0 Å². The van der Waals surface area contributed by atoms with Crippen LogP contribution in [0.4, 0.5) is 11.5 Å². The number of ether oxygens (including phenoxy) is 1. The summed E-state index contributed by atoms with van der Waals surface area (Å²) in [6.45, 7) is 8.52. The average Bonchev–Trinajstić information content (AvgIpc) is 3.13. The summed E-state index contributed by atoms with van der Waals surface area (Å²) < 4.78 is 7.77. The summed E-state index contributed by atoms with van der Waals surface area (Å²) in [5, 5.41) is 2.06. The molecule has 0 N–H and O–H groups in total. The number of nitrogens with zero attached hydrogens (tertiary/aromatic N) is 3. The first kappa shape index (κ1) is 20.0. The number of hydrogen-bond acceptors (Lipinski definition) is 3. The molecule has 1 aliphatic heterocycles. The van der Waals surface area contributed by atoms with E-state index < -0.39 is 0 Å². The maximum absolute atomic E-state index is 6.19. The molecule has 0 bridgehead atoms. The molecule has 2 aromatic carbocycles. The van der Waals surface area contributed by atoms with Crippen LogP contribution in [0.1, 0.15) is 23.7 Å². The molecular formula is C26H26ClN3O. The molecule has 158 valence electrons. The van der Waals surface area contributed by atoms with Crippen LogP contribution in [0, 0.1) is 13.8 Å². The summed E-state index contributed by atoms with van der Waals surface area (Å²) in [4.78, 5) is 7.07. The summed E-state index contributed by atoms with van der Waals surface area (Å²) in [5.74, 6) is 1.73. The van der Waals surface area contributed by atoms with Crippen LogP contribution >= 0.6 is 11.6 Å². The predicted octanol–water partition coefficient (Wildman–Crippen LogP) is 6.70. The summed E-state index contributed by atoms with van der Waals surface area (Å²) in [6.07, 6.45) is 2.75. The third kappa shape index (κ3) is 3.09. The highest BCUT2D eigenvalue weighted by Gasteiger charge is 2.28. The molecule has 0 aliphatic carbocycles. The van der Waals surface area contributed by atoms with Crippen LogP contribution in [-0.4, -0.2) is 23.2 Å². The van der Waals surface area contributed by atoms with E-state index in [1.54, 1.807) is 13.3 Å². The second-order valence-corrected chi connectivity index (χ2v) is 8.53. The molecule has 0 atom stereocenters. The topological polar surface area (TPSA) is 30.3 Å². The number of methoxy groups -OCH3 is 1. The van der Waals surface area contributed by atoms with Crippen molar-refractivity contribution in [2.24, 2.45) is 0 Å². The molecule has 0 saturated carbocycles. The molecular weight excluding hydrogens is 406 g/mol. The third-order valence-electron chi connectivity index (χ3n) is 6.44. The first-order valence-electron chi connectivity index (χ1n) is 10.7. The molecule has 2 aromatic heterocycles. The molecule has 0 unspecified atom stereocenters. The fourth-order valence-electron chi connectivity index (χ4n) is 4.99. The second-order valence-electron chi connectivity index (χ2n) is 8.10. The lowest BCUT2D eigenvalue weighted by Crippen LogP contribution is -2.29. The highest BCUT2D eigenvalue weighted by Crippen LogP contribution is 2.46. The Kier molecular flexibility index (Phi) is 4.90. The van der Waals surface area contributed by atoms with Crippen molar-refractivity contribution in [2.45, 2.75) is 33.7 Å². The Morgan fingerprint density at radius 1 is 1.06 bits per heavy atom. The van der Waals surface area contributed by atoms with Crippen molar-refractivity contribution < 1.29 is 4.74 Å². The van der Waals surface area contributed by atoms with Crippen LogP contribution in [0.3, 0.4) is 0 Å². The van der Waals surface area contributed by atoms with Gasteiger partial charge in [-0.05, 0) is 72.9 Å². The molecule has 0 radical (unpaired) electrons. The third-order valence-corrected chi connectivity index (χ3v) is 6.70. The van der Waals surface area contributed by atoms with Gasteiger partial charge in [-0.3, -0.25) is 0 Å². The molecule has 0 amide bonds. The number of hydrogen-bond donors (Lipinski definition) is 0. The van der Waals surface area contributed by atoms with Crippen molar-refractivity contribution in [3.05, 3.63) is 70.5 Å². The minimum Gasteiger partial charge on any atom is -0.495 e. The van der Waals surface area contributed by atoms with Crippen LogP contribution in [0.2, 0.25) is 5.02 Å². The highest BCUT2D eigenvalue weighted by atomic mass is 35.5. The number of aryl methyl sites for hydroxylation is 1. The zero-order chi connectivity index (χ0) is 21.7. The normalized spacial score (nSPS) is 13.1. The molecule has 0 spiro atoms. The molecule has 5 rings (SSSR count). The van der Waals surface area contributed by atoms with Crippen molar-refractivity contribution in [3.8, 4) is 16.9 Å². The molecule has 3 heterocycles. The van der Waals surface area contributed by atoms with Gasteiger partial charge in [-0.2, -0.15) is 0 Å². The Morgan fingerprint density at radius 2 is 1.84 bits per heavy atom. The van der Waals surface area contributed by atoms with Gasteiger partial charge in [0.05, 0.1) is 24.5 Å². The van der Waals surface area contributed by atoms with Gasteiger partial charge in [-0.25, -0.2) is 4.98 Å². The van der Waals surface area contributed by atoms with Gasteiger partial charge in [-0.15, -0.1) is 0 Å². The van der Waals surface area contributed by atoms with Gasteiger partial charge in [0.1, 0.15) is 11.6 Å². The van der Waals surface area contributed by atoms with Crippen LogP contribution in [0.25, 0.3) is 22.0 Å². The molecule has 5 heteroatoms. The fraction of sp³-hybridized carbons (Fsp3) is 0.269. The van der Waals surface area contributed by atoms with Gasteiger partial charge in [0.15, 0.2) is 0 Å². The lowest BCUT2D eigenvalue weighted by atomic mass is 9.89. The number of halogens is 1. The zero-order valence-electron chi connectivity index (χ0n) is 18.4. The van der Waals surface area contributed by atoms with Gasteiger partial charge in [-0.1, -0.05) is 30.7 Å². The number of rotatable bonds is 4. The number of anilines is 2. The molecule has 4 aromatic rings. The van der Waals surface area contributed by atoms with Crippen molar-refractivity contribution >= 4 is 34.0 Å². The average molecular weight is 432 g/mol. The Morgan fingerprint density at radius 3 is 2.48 bits per heavy atom. The van der Waals surface area contributed by atoms with Gasteiger partial charge in [0.2, 0.25) is 0 Å². The van der Waals surface area contributed by atoms with E-state index in [0.29, 0.717) is 0 Å². The molecule has 4 nitrogen and oxygen atoms in total. The van der Waals surface area contributed by atoms with Gasteiger partial charge >= 0.3 is 0 Å². The van der Waals surface area contributed by atoms with Crippen molar-refractivity contribution in [3.63, 3.8) is 0 Å². The van der Waals surface area contributed by atoms with E-state index in [1.807, 2.05) is 24.3 Å². The standard InChI is InChI=1S/C26H26ClN3O/c1-5-21-17(3)25-26-22(24(21)18-6-8-19(27)9-7-18)14-16(2)29(26)12-13-30(25)23-11-10-20(31-4)15-28-23/h6-11,14-15H,5,12-13H2,1-4H3. The van der Waals surface area contributed by atoms with Crippen molar-refractivity contribution in [1.29, 1.82) is 0 Å². The summed E-state index contributed by atoms with van der Waals surface area (Å²) in [5.41, 5.74) is 9.08. The Bertz CT molecular complexity index is 1270. The molecule has 1 aliphatic rings. The predicted molar refractivity (Wildman–Crippen MR) is 129 cm³/mol. The SMILES string of the molecule is CCc1c(C)c2c3c(cc(C)n3CCN2c2ccc(OC)cn2)c1-c1ccc(Cl)cc1. The molecule has 0 saturated heterocycles. The van der Waals surface area contributed by atoms with E-state index in [9.17, 15) is 0 Å². The second kappa shape index (κ2) is 7.61. The van der Waals surface area contributed by atoms with E-state index in [-0.39, 0.29) is 0 Å². The number of pyridine rings is 1. The number of benzene rings is 2. The lowest BCUT2D eigenvalue weighted by Gasteiger charge is -2.33. The quantitative estimate of drug-likeness (QED) is 0.360. The van der Waals surface area contributed by atoms with Crippen LogP contribution < -0.4 is 9.64 Å². The zero-order valence-corrected chi connectivity index (χ0v) is 19.1. The largest absolute Gasteiger partial charge is 0.495 e. The fourth-order valence-corrected chi connectivity index (χ4v) is 5.12. The maximum atomic E-state index is 6.19. The minimum absolute atomic E-state index is 0.762. The Labute approximate surface area is 188 Å². The first-order valence-corrected chi connectivity index (χ1v) is 11.1. The Hall–Kier alpha value is -2.98. The summed E-state index contributed by atoms with van der Waals surface area (Å²) in [6, 6.07) is 14.6. The van der Waals surface area contributed by atoms with Crippen LogP contribution in [0.15, 0.2) is 48.7 Å². The van der Waals surface area contributed by atoms with Crippen LogP contribution in [0.5, 0.6) is 5.75 Å². The van der Waals surface area contributed by atoms with E-state index in [1.165, 1.54) is 44.5 Å². The molecule has 31 heavy (non-hydrogen) atoms. The first-order chi connectivity index (χ1) is 15.0. The van der Waals surface area contributed by atoms with Crippen molar-refractivity contribution in [2.75, 3.05) is 18.6 Å². The molecule has 0 fully saturated rings. The highest BCUT2D eigenvalue weighted by molar-refractivity contribution is 6.30. The van der Waals surface area contributed by atoms with E-state index in [2.05, 4.69) is 48.4 Å². The number of aromatic nitrogens is 2. The van der Waals surface area contributed by atoms with Crippen LogP contribution in [-0.2, 0) is 13.0 Å². The summed E-state index contributed by atoms with van der Waals surface area (Å²) in [7, 11) is 1.67. The monoisotopic (exact) mass is 431 g/mol. The minimum atomic E-state index is 0.762. The van der Waals surface area contributed by atoms with E-state index >= 15 is 0 Å². The Balaban J connectivity index is 1.81. The lowest BCUT2D eigenvalue weighted by molar-refractivity contribution is 0.413.